The fraction of sp³-hybridized carbons (Fsp3) is 0. The third-order valence-corrected chi connectivity index (χ3v) is 9.07. The molecule has 0 fully saturated rings. The molecule has 4 nitrogen and oxygen atoms in total. The fourth-order valence-electron chi connectivity index (χ4n) is 6.71. The first-order chi connectivity index (χ1) is 24.3. The molecule has 0 bridgehead atoms. The van der Waals surface area contributed by atoms with Crippen molar-refractivity contribution in [3.8, 4) is 62.1 Å². The molecule has 0 N–H and O–H groups in total. The molecule has 0 aliphatic carbocycles. The Morgan fingerprint density at radius 1 is 0.327 bits per heavy atom. The average molecular weight is 627 g/mol. The molecule has 2 heterocycles. The minimum Gasteiger partial charge on any atom is -0.309 e. The van der Waals surface area contributed by atoms with Gasteiger partial charge in [-0.05, 0) is 52.6 Å². The summed E-state index contributed by atoms with van der Waals surface area (Å²) in [4.78, 5) is 14.7. The Kier molecular flexibility index (Phi) is 7.10. The average Bonchev–Trinajstić information content (AvgIpc) is 3.53. The van der Waals surface area contributed by atoms with Gasteiger partial charge in [0, 0.05) is 33.2 Å². The van der Waals surface area contributed by atoms with E-state index in [0.717, 1.165) is 27.9 Å². The lowest BCUT2D eigenvalue weighted by Crippen LogP contribution is -2.00. The summed E-state index contributed by atoms with van der Waals surface area (Å²) in [6, 6.07) is 63.4. The molecule has 9 rings (SSSR count). The van der Waals surface area contributed by atoms with Crippen LogP contribution in [-0.2, 0) is 0 Å². The van der Waals surface area contributed by atoms with E-state index >= 15 is 0 Å². The third-order valence-electron chi connectivity index (χ3n) is 9.07. The Morgan fingerprint density at radius 2 is 0.796 bits per heavy atom. The quantitative estimate of drug-likeness (QED) is 0.184. The number of benzene rings is 7. The molecule has 0 saturated heterocycles. The van der Waals surface area contributed by atoms with Gasteiger partial charge in [0.25, 0.3) is 0 Å². The lowest BCUT2D eigenvalue weighted by atomic mass is 9.97. The highest BCUT2D eigenvalue weighted by atomic mass is 15.0. The second-order valence-electron chi connectivity index (χ2n) is 12.1. The molecule has 0 unspecified atom stereocenters. The van der Waals surface area contributed by atoms with Crippen LogP contribution in [0.5, 0.6) is 0 Å². The minimum absolute atomic E-state index is 0.644. The molecule has 0 spiro atoms. The van der Waals surface area contributed by atoms with E-state index in [1.165, 1.54) is 38.5 Å². The van der Waals surface area contributed by atoms with Gasteiger partial charge < -0.3 is 4.57 Å². The van der Waals surface area contributed by atoms with Crippen LogP contribution in [0.1, 0.15) is 0 Å². The van der Waals surface area contributed by atoms with Crippen LogP contribution in [0.3, 0.4) is 0 Å². The van der Waals surface area contributed by atoms with Gasteiger partial charge in [-0.3, -0.25) is 0 Å². The zero-order chi connectivity index (χ0) is 32.6. The van der Waals surface area contributed by atoms with Gasteiger partial charge >= 0.3 is 0 Å². The summed E-state index contributed by atoms with van der Waals surface area (Å²) in [7, 11) is 0. The number of para-hydroxylation sites is 1. The van der Waals surface area contributed by atoms with Crippen LogP contribution >= 0.6 is 0 Å². The standard InChI is InChI=1S/C45H30N4/c1-5-14-31(15-6-1)36-28-29-40-39(30-36)42-38(22-13-23-41(42)49(40)37-20-11-4-12-21-37)32-24-26-35(27-25-32)45-47-43(33-16-7-2-8-17-33)46-44(48-45)34-18-9-3-10-19-34/h1-30H. The SMILES string of the molecule is c1ccc(-c2ccc3c(c2)c2c(-c4ccc(-c5nc(-c6ccccc6)nc(-c6ccccc6)n5)cc4)cccc2n3-c2ccccc2)cc1. The van der Waals surface area contributed by atoms with E-state index in [-0.39, 0.29) is 0 Å². The lowest BCUT2D eigenvalue weighted by molar-refractivity contribution is 1.07. The second kappa shape index (κ2) is 12.2. The number of hydrogen-bond donors (Lipinski definition) is 0. The molecule has 4 heteroatoms. The summed E-state index contributed by atoms with van der Waals surface area (Å²) in [5, 5.41) is 2.45. The van der Waals surface area contributed by atoms with Crippen LogP contribution in [0.2, 0.25) is 0 Å². The Labute approximate surface area is 284 Å². The van der Waals surface area contributed by atoms with Crippen molar-refractivity contribution in [3.05, 3.63) is 182 Å². The van der Waals surface area contributed by atoms with Crippen molar-refractivity contribution in [2.75, 3.05) is 0 Å². The second-order valence-corrected chi connectivity index (χ2v) is 12.1. The molecule has 2 aromatic heterocycles. The van der Waals surface area contributed by atoms with Gasteiger partial charge in [-0.15, -0.1) is 0 Å². The summed E-state index contributed by atoms with van der Waals surface area (Å²) in [5.74, 6) is 1.95. The molecule has 7 aromatic carbocycles. The van der Waals surface area contributed by atoms with E-state index < -0.39 is 0 Å². The van der Waals surface area contributed by atoms with E-state index in [1.807, 2.05) is 60.7 Å². The maximum Gasteiger partial charge on any atom is 0.164 e. The van der Waals surface area contributed by atoms with Crippen LogP contribution < -0.4 is 0 Å². The number of nitrogens with zero attached hydrogens (tertiary/aromatic N) is 4. The molecule has 0 saturated carbocycles. The molecular weight excluding hydrogens is 597 g/mol. The van der Waals surface area contributed by atoms with E-state index in [4.69, 9.17) is 15.0 Å². The van der Waals surface area contributed by atoms with E-state index in [2.05, 4.69) is 126 Å². The van der Waals surface area contributed by atoms with Gasteiger partial charge in [0.2, 0.25) is 0 Å². The van der Waals surface area contributed by atoms with Crippen molar-refractivity contribution in [3.63, 3.8) is 0 Å². The Hall–Kier alpha value is -6.65. The number of rotatable bonds is 6. The summed E-state index contributed by atoms with van der Waals surface area (Å²) >= 11 is 0. The van der Waals surface area contributed by atoms with Crippen LogP contribution in [0, 0.1) is 0 Å². The minimum atomic E-state index is 0.644. The zero-order valence-electron chi connectivity index (χ0n) is 26.6. The number of hydrogen-bond acceptors (Lipinski definition) is 3. The van der Waals surface area contributed by atoms with Gasteiger partial charge in [-0.2, -0.15) is 0 Å². The first-order valence-corrected chi connectivity index (χ1v) is 16.5. The van der Waals surface area contributed by atoms with Crippen molar-refractivity contribution in [2.45, 2.75) is 0 Å². The monoisotopic (exact) mass is 626 g/mol. The van der Waals surface area contributed by atoms with Crippen LogP contribution in [-0.4, -0.2) is 19.5 Å². The third kappa shape index (κ3) is 5.26. The summed E-state index contributed by atoms with van der Waals surface area (Å²) in [5.41, 5.74) is 11.0. The maximum absolute atomic E-state index is 4.94. The molecule has 0 aliphatic heterocycles. The van der Waals surface area contributed by atoms with Gasteiger partial charge in [-0.1, -0.05) is 152 Å². The van der Waals surface area contributed by atoms with E-state index in [0.29, 0.717) is 17.5 Å². The first kappa shape index (κ1) is 28.6. The molecule has 230 valence electrons. The normalized spacial score (nSPS) is 11.3. The Balaban J connectivity index is 1.20. The van der Waals surface area contributed by atoms with Gasteiger partial charge in [-0.25, -0.2) is 15.0 Å². The Morgan fingerprint density at radius 3 is 1.37 bits per heavy atom. The molecule has 0 atom stereocenters. The highest BCUT2D eigenvalue weighted by Gasteiger charge is 2.18. The van der Waals surface area contributed by atoms with Gasteiger partial charge in [0.1, 0.15) is 0 Å². The Bertz CT molecular complexity index is 2500. The van der Waals surface area contributed by atoms with Crippen molar-refractivity contribution < 1.29 is 0 Å². The maximum atomic E-state index is 4.94. The zero-order valence-corrected chi connectivity index (χ0v) is 26.6. The summed E-state index contributed by atoms with van der Waals surface area (Å²) in [6.07, 6.45) is 0. The van der Waals surface area contributed by atoms with E-state index in [9.17, 15) is 0 Å². The number of aromatic nitrogens is 4. The summed E-state index contributed by atoms with van der Waals surface area (Å²) < 4.78 is 2.37. The van der Waals surface area contributed by atoms with Crippen molar-refractivity contribution in [1.82, 2.24) is 19.5 Å². The van der Waals surface area contributed by atoms with Crippen molar-refractivity contribution in [1.29, 1.82) is 0 Å². The fourth-order valence-corrected chi connectivity index (χ4v) is 6.71. The smallest absolute Gasteiger partial charge is 0.164 e. The first-order valence-electron chi connectivity index (χ1n) is 16.5. The lowest BCUT2D eigenvalue weighted by Gasteiger charge is -2.10. The predicted octanol–water partition coefficient (Wildman–Crippen LogP) is 11.3. The van der Waals surface area contributed by atoms with Crippen molar-refractivity contribution in [2.24, 2.45) is 0 Å². The molecule has 0 aliphatic rings. The largest absolute Gasteiger partial charge is 0.309 e. The van der Waals surface area contributed by atoms with Crippen LogP contribution in [0.15, 0.2) is 182 Å². The topological polar surface area (TPSA) is 43.6 Å². The molecule has 0 amide bonds. The van der Waals surface area contributed by atoms with Gasteiger partial charge in [0.15, 0.2) is 17.5 Å². The molecule has 0 radical (unpaired) electrons. The summed E-state index contributed by atoms with van der Waals surface area (Å²) in [6.45, 7) is 0. The van der Waals surface area contributed by atoms with Crippen LogP contribution in [0.25, 0.3) is 83.9 Å². The predicted molar refractivity (Wildman–Crippen MR) is 201 cm³/mol. The van der Waals surface area contributed by atoms with Crippen molar-refractivity contribution >= 4 is 21.8 Å². The molecule has 9 aromatic rings. The van der Waals surface area contributed by atoms with Gasteiger partial charge in [0.05, 0.1) is 11.0 Å². The van der Waals surface area contributed by atoms with Crippen LogP contribution in [0.4, 0.5) is 0 Å². The number of fused-ring (bicyclic) bond motifs is 3. The highest BCUT2D eigenvalue weighted by molar-refractivity contribution is 6.16. The molecule has 49 heavy (non-hydrogen) atoms. The molecular formula is C45H30N4. The van der Waals surface area contributed by atoms with E-state index in [1.54, 1.807) is 0 Å². The highest BCUT2D eigenvalue weighted by Crippen LogP contribution is 2.40.